The predicted octanol–water partition coefficient (Wildman–Crippen LogP) is 1.68. The molecule has 1 amide bonds. The molecule has 1 saturated heterocycles. The molecular formula is C13H25F2IN4O. The van der Waals surface area contributed by atoms with Crippen LogP contribution >= 0.6 is 24.0 Å². The van der Waals surface area contributed by atoms with Gasteiger partial charge in [-0.1, -0.05) is 0 Å². The van der Waals surface area contributed by atoms with E-state index >= 15 is 0 Å². The lowest BCUT2D eigenvalue weighted by Crippen LogP contribution is -2.46. The topological polar surface area (TPSA) is 56.7 Å². The second kappa shape index (κ2) is 11.0. The van der Waals surface area contributed by atoms with E-state index in [-0.39, 0.29) is 29.9 Å². The average Bonchev–Trinajstić information content (AvgIpc) is 2.44. The first kappa shape index (κ1) is 20.3. The Morgan fingerprint density at radius 2 is 2.00 bits per heavy atom. The Labute approximate surface area is 142 Å². The fraction of sp³-hybridized carbons (Fsp3) is 0.846. The van der Waals surface area contributed by atoms with Gasteiger partial charge in [-0.25, -0.2) is 13.8 Å². The lowest BCUT2D eigenvalue weighted by Gasteiger charge is -2.34. The number of carbonyl (C=O) groups is 1. The summed E-state index contributed by atoms with van der Waals surface area (Å²) >= 11 is 0. The molecule has 1 rings (SSSR count). The molecule has 5 nitrogen and oxygen atoms in total. The number of halogens is 3. The summed E-state index contributed by atoms with van der Waals surface area (Å²) in [7, 11) is 1.64. The van der Waals surface area contributed by atoms with Crippen molar-refractivity contribution in [1.82, 2.24) is 15.5 Å². The molecule has 124 valence electrons. The molecule has 0 unspecified atom stereocenters. The van der Waals surface area contributed by atoms with Crippen LogP contribution in [0.1, 0.15) is 26.2 Å². The van der Waals surface area contributed by atoms with E-state index in [2.05, 4.69) is 15.6 Å². The first-order valence-corrected chi connectivity index (χ1v) is 7.08. The minimum atomic E-state index is -2.42. The van der Waals surface area contributed by atoms with Crippen LogP contribution in [0.3, 0.4) is 0 Å². The summed E-state index contributed by atoms with van der Waals surface area (Å²) in [6.45, 7) is 3.59. The van der Waals surface area contributed by atoms with Crippen molar-refractivity contribution in [2.45, 2.75) is 32.6 Å². The van der Waals surface area contributed by atoms with Crippen LogP contribution < -0.4 is 10.6 Å². The maximum absolute atomic E-state index is 12.2. The average molecular weight is 418 g/mol. The van der Waals surface area contributed by atoms with Crippen LogP contribution in [0.25, 0.3) is 0 Å². The summed E-state index contributed by atoms with van der Waals surface area (Å²) in [5.74, 6) is 0.970. The summed E-state index contributed by atoms with van der Waals surface area (Å²) in [6, 6.07) is 0. The molecule has 0 aromatic carbocycles. The van der Waals surface area contributed by atoms with E-state index in [1.165, 1.54) is 0 Å². The summed E-state index contributed by atoms with van der Waals surface area (Å²) in [5, 5.41) is 5.67. The number of piperidine rings is 1. The molecule has 0 bridgehead atoms. The number of rotatable bonds is 5. The van der Waals surface area contributed by atoms with Gasteiger partial charge in [0.1, 0.15) is 6.54 Å². The molecular weight excluding hydrogens is 393 g/mol. The standard InChI is InChI=1S/C13H24F2N4O.HI/c1-3-17-13(18-9-11(14)15)19-6-4-10(5-7-19)8-12(20)16-2;/h10-11H,3-9H2,1-2H3,(H,16,20)(H,17,18);1H. The van der Waals surface area contributed by atoms with Crippen molar-refractivity contribution in [2.75, 3.05) is 33.2 Å². The van der Waals surface area contributed by atoms with E-state index in [0.717, 1.165) is 25.9 Å². The number of guanidine groups is 1. The summed E-state index contributed by atoms with van der Waals surface area (Å²) in [4.78, 5) is 17.3. The lowest BCUT2D eigenvalue weighted by molar-refractivity contribution is -0.121. The molecule has 0 aromatic rings. The molecule has 0 radical (unpaired) electrons. The Balaban J connectivity index is 0.00000400. The number of aliphatic imine (C=N–C) groups is 1. The van der Waals surface area contributed by atoms with Crippen LogP contribution in [0.5, 0.6) is 0 Å². The number of hydrogen-bond donors (Lipinski definition) is 2. The van der Waals surface area contributed by atoms with Gasteiger partial charge in [0.05, 0.1) is 0 Å². The highest BCUT2D eigenvalue weighted by molar-refractivity contribution is 14.0. The highest BCUT2D eigenvalue weighted by Gasteiger charge is 2.23. The van der Waals surface area contributed by atoms with Crippen LogP contribution in [0.2, 0.25) is 0 Å². The second-order valence-electron chi connectivity index (χ2n) is 4.89. The molecule has 0 saturated carbocycles. The predicted molar refractivity (Wildman–Crippen MR) is 90.4 cm³/mol. The maximum Gasteiger partial charge on any atom is 0.257 e. The molecule has 1 aliphatic rings. The fourth-order valence-corrected chi connectivity index (χ4v) is 2.29. The summed E-state index contributed by atoms with van der Waals surface area (Å²) < 4.78 is 24.5. The van der Waals surface area contributed by atoms with E-state index in [1.54, 1.807) is 7.05 Å². The van der Waals surface area contributed by atoms with Crippen molar-refractivity contribution >= 4 is 35.8 Å². The quantitative estimate of drug-likeness (QED) is 0.406. The fourth-order valence-electron chi connectivity index (χ4n) is 2.29. The van der Waals surface area contributed by atoms with Crippen LogP contribution in [0, 0.1) is 5.92 Å². The number of carbonyl (C=O) groups excluding carboxylic acids is 1. The van der Waals surface area contributed by atoms with Crippen molar-refractivity contribution in [1.29, 1.82) is 0 Å². The zero-order valence-corrected chi connectivity index (χ0v) is 14.9. The Kier molecular flexibility index (Phi) is 10.6. The molecule has 8 heteroatoms. The number of alkyl halides is 2. The summed E-state index contributed by atoms with van der Waals surface area (Å²) in [6.07, 6.45) is -0.122. The molecule has 1 heterocycles. The number of nitrogens with one attached hydrogen (secondary N) is 2. The minimum Gasteiger partial charge on any atom is -0.359 e. The monoisotopic (exact) mass is 418 g/mol. The van der Waals surface area contributed by atoms with Gasteiger partial charge in [0.15, 0.2) is 5.96 Å². The van der Waals surface area contributed by atoms with Crippen molar-refractivity contribution < 1.29 is 13.6 Å². The largest absolute Gasteiger partial charge is 0.359 e. The SMILES string of the molecule is CCNC(=NCC(F)F)N1CCC(CC(=O)NC)CC1.I. The maximum atomic E-state index is 12.2. The van der Waals surface area contributed by atoms with Gasteiger partial charge in [0.2, 0.25) is 5.91 Å². The van der Waals surface area contributed by atoms with Gasteiger partial charge < -0.3 is 15.5 Å². The first-order chi connectivity index (χ1) is 9.56. The van der Waals surface area contributed by atoms with Crippen LogP contribution in [0.4, 0.5) is 8.78 Å². The van der Waals surface area contributed by atoms with Gasteiger partial charge in [-0.3, -0.25) is 4.79 Å². The van der Waals surface area contributed by atoms with E-state index < -0.39 is 13.0 Å². The van der Waals surface area contributed by atoms with Crippen molar-refractivity contribution in [3.8, 4) is 0 Å². The third kappa shape index (κ3) is 7.77. The Bertz CT molecular complexity index is 334. The van der Waals surface area contributed by atoms with E-state index in [4.69, 9.17) is 0 Å². The highest BCUT2D eigenvalue weighted by atomic mass is 127. The number of hydrogen-bond acceptors (Lipinski definition) is 2. The smallest absolute Gasteiger partial charge is 0.257 e. The molecule has 21 heavy (non-hydrogen) atoms. The highest BCUT2D eigenvalue weighted by Crippen LogP contribution is 2.20. The first-order valence-electron chi connectivity index (χ1n) is 7.08. The molecule has 2 N–H and O–H groups in total. The molecule has 0 aliphatic carbocycles. The molecule has 1 aliphatic heterocycles. The zero-order valence-electron chi connectivity index (χ0n) is 12.6. The number of nitrogens with zero attached hydrogens (tertiary/aromatic N) is 2. The number of likely N-dealkylation sites (tertiary alicyclic amines) is 1. The van der Waals surface area contributed by atoms with Gasteiger partial charge in [0, 0.05) is 33.1 Å². The third-order valence-corrected chi connectivity index (χ3v) is 3.38. The van der Waals surface area contributed by atoms with Gasteiger partial charge >= 0.3 is 0 Å². The molecule has 0 spiro atoms. The third-order valence-electron chi connectivity index (χ3n) is 3.38. The van der Waals surface area contributed by atoms with E-state index in [1.807, 2.05) is 11.8 Å². The van der Waals surface area contributed by atoms with Gasteiger partial charge in [0.25, 0.3) is 6.43 Å². The van der Waals surface area contributed by atoms with Gasteiger partial charge in [-0.15, -0.1) is 24.0 Å². The lowest BCUT2D eigenvalue weighted by atomic mass is 9.93. The molecule has 1 fully saturated rings. The Morgan fingerprint density at radius 3 is 2.48 bits per heavy atom. The van der Waals surface area contributed by atoms with Crippen LogP contribution in [0.15, 0.2) is 4.99 Å². The Hall–Kier alpha value is -0.670. The van der Waals surface area contributed by atoms with Crippen molar-refractivity contribution in [3.05, 3.63) is 0 Å². The van der Waals surface area contributed by atoms with Crippen LogP contribution in [-0.2, 0) is 4.79 Å². The minimum absolute atomic E-state index is 0. The van der Waals surface area contributed by atoms with Crippen molar-refractivity contribution in [3.63, 3.8) is 0 Å². The normalized spacial score (nSPS) is 16.6. The van der Waals surface area contributed by atoms with E-state index in [9.17, 15) is 13.6 Å². The van der Waals surface area contributed by atoms with Crippen molar-refractivity contribution in [2.24, 2.45) is 10.9 Å². The number of amides is 1. The second-order valence-corrected chi connectivity index (χ2v) is 4.89. The molecule has 0 atom stereocenters. The van der Waals surface area contributed by atoms with Gasteiger partial charge in [-0.2, -0.15) is 0 Å². The Morgan fingerprint density at radius 1 is 1.38 bits per heavy atom. The van der Waals surface area contributed by atoms with Gasteiger partial charge in [-0.05, 0) is 25.7 Å². The van der Waals surface area contributed by atoms with Crippen LogP contribution in [-0.4, -0.2) is 56.4 Å². The van der Waals surface area contributed by atoms with E-state index in [0.29, 0.717) is 24.8 Å². The molecule has 0 aromatic heterocycles. The summed E-state index contributed by atoms with van der Waals surface area (Å²) in [5.41, 5.74) is 0. The zero-order chi connectivity index (χ0) is 15.0.